The van der Waals surface area contributed by atoms with Gasteiger partial charge in [-0.1, -0.05) is 25.6 Å². The third-order valence-corrected chi connectivity index (χ3v) is 7.49. The zero-order valence-corrected chi connectivity index (χ0v) is 20.8. The number of piperidine rings is 1. The normalized spacial score (nSPS) is 19.9. The maximum atomic E-state index is 12.0. The molecule has 0 spiro atoms. The van der Waals surface area contributed by atoms with Crippen molar-refractivity contribution in [2.24, 2.45) is 5.73 Å². The molecule has 2 aliphatic heterocycles. The van der Waals surface area contributed by atoms with Gasteiger partial charge >= 0.3 is 0 Å². The molecule has 3 heterocycles. The molecule has 1 aromatic carbocycles. The lowest BCUT2D eigenvalue weighted by molar-refractivity contribution is -0.125. The lowest BCUT2D eigenvalue weighted by atomic mass is 9.74. The van der Waals surface area contributed by atoms with Gasteiger partial charge in [0.2, 0.25) is 5.91 Å². The number of carbonyl (C=O) groups is 2. The van der Waals surface area contributed by atoms with Crippen molar-refractivity contribution in [3.8, 4) is 0 Å². The molecule has 0 bridgehead atoms. The summed E-state index contributed by atoms with van der Waals surface area (Å²) in [4.78, 5) is 39.1. The first-order valence-corrected chi connectivity index (χ1v) is 12.1. The topological polar surface area (TPSA) is 108 Å². The first-order chi connectivity index (χ1) is 16.7. The highest BCUT2D eigenvalue weighted by molar-refractivity contribution is 5.96. The summed E-state index contributed by atoms with van der Waals surface area (Å²) >= 11 is 0. The number of nitrogens with two attached hydrogens (primary N) is 1. The summed E-state index contributed by atoms with van der Waals surface area (Å²) in [6.07, 6.45) is 5.95. The number of hydrogen-bond donors (Lipinski definition) is 2. The van der Waals surface area contributed by atoms with Gasteiger partial charge in [0.25, 0.3) is 5.91 Å². The molecule has 3 N–H and O–H groups in total. The van der Waals surface area contributed by atoms with E-state index in [1.165, 1.54) is 11.6 Å². The Bertz CT molecular complexity index is 1090. The molecule has 1 atom stereocenters. The predicted molar refractivity (Wildman–Crippen MR) is 138 cm³/mol. The second kappa shape index (κ2) is 10.0. The van der Waals surface area contributed by atoms with E-state index in [-0.39, 0.29) is 23.1 Å². The van der Waals surface area contributed by atoms with Gasteiger partial charge in [-0.2, -0.15) is 0 Å². The van der Waals surface area contributed by atoms with E-state index in [9.17, 15) is 9.59 Å². The van der Waals surface area contributed by atoms with E-state index in [1.807, 2.05) is 24.1 Å². The molecule has 0 unspecified atom stereocenters. The van der Waals surface area contributed by atoms with Gasteiger partial charge in [-0.05, 0) is 68.6 Å². The SMILES string of the molecule is C=CC(=O)N1CC[C@@H](N(C)c2cnc(C(N)=O)c(Nc3ccc(C4(C)CCN(C)CC4)cc3)n2)C1. The fourth-order valence-corrected chi connectivity index (χ4v) is 4.88. The van der Waals surface area contributed by atoms with Crippen molar-refractivity contribution in [1.82, 2.24) is 19.8 Å². The second-order valence-electron chi connectivity index (χ2n) is 9.90. The zero-order valence-electron chi connectivity index (χ0n) is 20.8. The number of primary amides is 1. The van der Waals surface area contributed by atoms with Crippen LogP contribution in [0.2, 0.25) is 0 Å². The number of likely N-dealkylation sites (N-methyl/N-ethyl adjacent to an activating group) is 1. The summed E-state index contributed by atoms with van der Waals surface area (Å²) in [6.45, 7) is 9.33. The van der Waals surface area contributed by atoms with E-state index in [4.69, 9.17) is 5.73 Å². The maximum Gasteiger partial charge on any atom is 0.271 e. The highest BCUT2D eigenvalue weighted by Crippen LogP contribution is 2.35. The molecule has 4 rings (SSSR count). The Morgan fingerprint density at radius 2 is 1.91 bits per heavy atom. The van der Waals surface area contributed by atoms with Crippen LogP contribution in [0, 0.1) is 0 Å². The molecular weight excluding hydrogens is 442 g/mol. The molecule has 9 nitrogen and oxygen atoms in total. The number of carbonyl (C=O) groups excluding carboxylic acids is 2. The Morgan fingerprint density at radius 3 is 2.54 bits per heavy atom. The fraction of sp³-hybridized carbons (Fsp3) is 0.462. The number of aromatic nitrogens is 2. The molecule has 0 saturated carbocycles. The standard InChI is InChI=1S/C26H35N7O2/c1-5-22(34)33-13-10-20(17-33)32(4)21-16-28-23(24(27)35)25(30-21)29-19-8-6-18(7-9-19)26(2)11-14-31(3)15-12-26/h5-9,16,20H,1,10-15,17H2,2-4H3,(H2,27,35)(H,29,30)/t20-/m1/s1. The van der Waals surface area contributed by atoms with Gasteiger partial charge in [-0.25, -0.2) is 9.97 Å². The number of benzene rings is 1. The minimum absolute atomic E-state index is 0.0732. The van der Waals surface area contributed by atoms with Crippen LogP contribution in [0.4, 0.5) is 17.3 Å². The van der Waals surface area contributed by atoms with E-state index in [0.717, 1.165) is 38.0 Å². The third-order valence-electron chi connectivity index (χ3n) is 7.49. The van der Waals surface area contributed by atoms with Crippen LogP contribution >= 0.6 is 0 Å². The predicted octanol–water partition coefficient (Wildman–Crippen LogP) is 2.53. The van der Waals surface area contributed by atoms with Crippen LogP contribution in [0.15, 0.2) is 43.1 Å². The first-order valence-electron chi connectivity index (χ1n) is 12.1. The quantitative estimate of drug-likeness (QED) is 0.590. The van der Waals surface area contributed by atoms with Crippen molar-refractivity contribution < 1.29 is 9.59 Å². The molecule has 0 aliphatic carbocycles. The number of nitrogens with one attached hydrogen (secondary N) is 1. The number of nitrogens with zero attached hydrogens (tertiary/aromatic N) is 5. The average Bonchev–Trinajstić information content (AvgIpc) is 3.35. The van der Waals surface area contributed by atoms with Crippen molar-refractivity contribution in [3.05, 3.63) is 54.4 Å². The van der Waals surface area contributed by atoms with Gasteiger partial charge < -0.3 is 25.8 Å². The maximum absolute atomic E-state index is 12.0. The third kappa shape index (κ3) is 5.30. The van der Waals surface area contributed by atoms with Gasteiger partial charge in [0, 0.05) is 31.9 Å². The van der Waals surface area contributed by atoms with Gasteiger partial charge in [0.15, 0.2) is 11.5 Å². The molecule has 2 fully saturated rings. The van der Waals surface area contributed by atoms with E-state index in [1.54, 1.807) is 11.1 Å². The molecular formula is C26H35N7O2. The summed E-state index contributed by atoms with van der Waals surface area (Å²) in [6, 6.07) is 8.40. The smallest absolute Gasteiger partial charge is 0.271 e. The Kier molecular flexibility index (Phi) is 7.07. The van der Waals surface area contributed by atoms with Crippen molar-refractivity contribution in [2.75, 3.05) is 50.5 Å². The molecule has 2 saturated heterocycles. The van der Waals surface area contributed by atoms with E-state index < -0.39 is 5.91 Å². The summed E-state index contributed by atoms with van der Waals surface area (Å²) < 4.78 is 0. The molecule has 186 valence electrons. The summed E-state index contributed by atoms with van der Waals surface area (Å²) in [5, 5.41) is 3.24. The molecule has 9 heteroatoms. The summed E-state index contributed by atoms with van der Waals surface area (Å²) in [5.41, 5.74) is 7.95. The number of anilines is 3. The molecule has 2 amide bonds. The average molecular weight is 478 g/mol. The molecule has 35 heavy (non-hydrogen) atoms. The minimum Gasteiger partial charge on any atom is -0.364 e. The Labute approximate surface area is 207 Å². The van der Waals surface area contributed by atoms with Crippen LogP contribution < -0.4 is 16.0 Å². The van der Waals surface area contributed by atoms with Gasteiger partial charge in [0.05, 0.1) is 6.20 Å². The Balaban J connectivity index is 1.52. The Hall–Kier alpha value is -3.46. The van der Waals surface area contributed by atoms with Crippen LogP contribution in [0.25, 0.3) is 0 Å². The summed E-state index contributed by atoms with van der Waals surface area (Å²) in [7, 11) is 4.08. The van der Waals surface area contributed by atoms with E-state index in [2.05, 4.69) is 52.9 Å². The Morgan fingerprint density at radius 1 is 1.23 bits per heavy atom. The zero-order chi connectivity index (χ0) is 25.2. The number of hydrogen-bond acceptors (Lipinski definition) is 7. The van der Waals surface area contributed by atoms with Crippen LogP contribution in [-0.4, -0.2) is 77.9 Å². The summed E-state index contributed by atoms with van der Waals surface area (Å²) in [5.74, 6) is 0.201. The van der Waals surface area contributed by atoms with Crippen molar-refractivity contribution in [2.45, 2.75) is 37.6 Å². The van der Waals surface area contributed by atoms with E-state index >= 15 is 0 Å². The van der Waals surface area contributed by atoms with Gasteiger partial charge in [-0.15, -0.1) is 0 Å². The van der Waals surface area contributed by atoms with Gasteiger partial charge in [0.1, 0.15) is 5.82 Å². The van der Waals surface area contributed by atoms with E-state index in [0.29, 0.717) is 24.7 Å². The monoisotopic (exact) mass is 477 g/mol. The fourth-order valence-electron chi connectivity index (χ4n) is 4.88. The van der Waals surface area contributed by atoms with Crippen LogP contribution in [0.3, 0.4) is 0 Å². The number of likely N-dealkylation sites (tertiary alicyclic amines) is 2. The van der Waals surface area contributed by atoms with Crippen LogP contribution in [-0.2, 0) is 10.2 Å². The molecule has 1 aromatic heterocycles. The highest BCUT2D eigenvalue weighted by Gasteiger charge is 2.31. The second-order valence-corrected chi connectivity index (χ2v) is 9.90. The number of rotatable bonds is 7. The van der Waals surface area contributed by atoms with Crippen molar-refractivity contribution in [1.29, 1.82) is 0 Å². The lowest BCUT2D eigenvalue weighted by Gasteiger charge is -2.38. The molecule has 2 aliphatic rings. The van der Waals surface area contributed by atoms with Crippen LogP contribution in [0.5, 0.6) is 0 Å². The van der Waals surface area contributed by atoms with Crippen molar-refractivity contribution in [3.63, 3.8) is 0 Å². The molecule has 2 aromatic rings. The van der Waals surface area contributed by atoms with Crippen LogP contribution in [0.1, 0.15) is 42.2 Å². The van der Waals surface area contributed by atoms with Gasteiger partial charge in [-0.3, -0.25) is 9.59 Å². The minimum atomic E-state index is -0.645. The lowest BCUT2D eigenvalue weighted by Crippen LogP contribution is -2.38. The highest BCUT2D eigenvalue weighted by atomic mass is 16.2. The largest absolute Gasteiger partial charge is 0.364 e. The van der Waals surface area contributed by atoms with Crippen molar-refractivity contribution >= 4 is 29.1 Å². The number of amides is 2. The first kappa shape index (κ1) is 24.7. The molecule has 0 radical (unpaired) electrons.